The molecule has 0 saturated carbocycles. The lowest BCUT2D eigenvalue weighted by Crippen LogP contribution is -2.27. The van der Waals surface area contributed by atoms with Gasteiger partial charge in [0.2, 0.25) is 5.91 Å². The van der Waals surface area contributed by atoms with Crippen molar-refractivity contribution in [3.63, 3.8) is 0 Å². The molecule has 0 aliphatic carbocycles. The largest absolute Gasteiger partial charge is 0.472 e. The minimum Gasteiger partial charge on any atom is -0.463 e. The molecule has 0 bridgehead atoms. The predicted molar refractivity (Wildman–Crippen MR) is 234 cm³/mol. The predicted octanol–water partition coefficient (Wildman–Crippen LogP) is 12.7. The smallest absolute Gasteiger partial charge is 0.463 e. The number of nitrogens with one attached hydrogen (secondary N) is 1. The van der Waals surface area contributed by atoms with Gasteiger partial charge in [-0.1, -0.05) is 165 Å². The number of amides is 1. The number of unbranched alkanes of at least 4 members (excludes halogenated alkanes) is 21. The Morgan fingerprint density at radius 3 is 1.55 bits per heavy atom. The minimum atomic E-state index is -4.42. The number of allylic oxidation sites excluding steroid dienone is 8. The summed E-state index contributed by atoms with van der Waals surface area (Å²) in [6.45, 7) is 3.43. The highest BCUT2D eigenvalue weighted by molar-refractivity contribution is 7.47. The number of rotatable bonds is 42. The molecule has 2 atom stereocenters. The molecule has 0 aliphatic rings. The van der Waals surface area contributed by atoms with Gasteiger partial charge >= 0.3 is 13.8 Å². The van der Waals surface area contributed by atoms with Crippen molar-refractivity contribution < 1.29 is 37.9 Å². The van der Waals surface area contributed by atoms with Crippen LogP contribution in [0.15, 0.2) is 48.6 Å². The van der Waals surface area contributed by atoms with Crippen LogP contribution < -0.4 is 5.32 Å². The van der Waals surface area contributed by atoms with E-state index in [9.17, 15) is 24.2 Å². The first-order valence-corrected chi connectivity index (χ1v) is 24.1. The molecule has 0 aromatic heterocycles. The molecule has 0 saturated heterocycles. The summed E-state index contributed by atoms with van der Waals surface area (Å²) in [6, 6.07) is 0. The van der Waals surface area contributed by atoms with E-state index in [2.05, 4.69) is 67.8 Å². The van der Waals surface area contributed by atoms with Gasteiger partial charge in [-0.25, -0.2) is 4.57 Å². The van der Waals surface area contributed by atoms with Crippen LogP contribution in [-0.2, 0) is 27.9 Å². The van der Waals surface area contributed by atoms with Crippen LogP contribution in [0.2, 0.25) is 0 Å². The highest BCUT2D eigenvalue weighted by atomic mass is 31.2. The molecule has 1 amide bonds. The second-order valence-electron chi connectivity index (χ2n) is 15.0. The van der Waals surface area contributed by atoms with Crippen LogP contribution in [0.5, 0.6) is 0 Å². The van der Waals surface area contributed by atoms with Gasteiger partial charge < -0.3 is 20.1 Å². The standard InChI is InChI=1S/C46H84NO8P/c1-3-5-7-9-11-13-15-17-19-21-23-24-26-28-30-32-34-36-38-45(49)47-40-41-54-56(51,52)55-43-44(48)42-53-46(50)39-37-35-33-31-29-27-25-22-20-18-16-14-12-10-8-6-4-2/h6,8,12,14,18-21,44,48H,3-5,7,9-11,13,15-17,22-43H2,1-2H3,(H,47,49)(H,51,52)/b8-6-,14-12-,20-18-,21-19-. The average Bonchev–Trinajstić information content (AvgIpc) is 3.18. The molecule has 56 heavy (non-hydrogen) atoms. The van der Waals surface area contributed by atoms with E-state index >= 15 is 0 Å². The summed E-state index contributed by atoms with van der Waals surface area (Å²) in [7, 11) is -4.42. The lowest BCUT2D eigenvalue weighted by Gasteiger charge is -2.15. The number of carbonyl (C=O) groups excluding carboxylic acids is 2. The van der Waals surface area contributed by atoms with Crippen LogP contribution in [-0.4, -0.2) is 54.3 Å². The Hall–Kier alpha value is -2.03. The monoisotopic (exact) mass is 810 g/mol. The van der Waals surface area contributed by atoms with Crippen LogP contribution in [0.3, 0.4) is 0 Å². The number of aliphatic hydroxyl groups excluding tert-OH is 1. The van der Waals surface area contributed by atoms with Crippen molar-refractivity contribution in [3.05, 3.63) is 48.6 Å². The lowest BCUT2D eigenvalue weighted by atomic mass is 10.1. The Balaban J connectivity index is 3.60. The number of aliphatic hydroxyl groups is 1. The van der Waals surface area contributed by atoms with Gasteiger partial charge in [0.05, 0.1) is 13.2 Å². The normalized spacial score (nSPS) is 13.7. The highest BCUT2D eigenvalue weighted by Gasteiger charge is 2.23. The van der Waals surface area contributed by atoms with E-state index in [0.717, 1.165) is 70.6 Å². The van der Waals surface area contributed by atoms with E-state index in [0.29, 0.717) is 6.42 Å². The molecule has 0 rings (SSSR count). The van der Waals surface area contributed by atoms with E-state index < -0.39 is 26.5 Å². The molecule has 0 heterocycles. The number of phosphoric ester groups is 1. The van der Waals surface area contributed by atoms with Gasteiger partial charge in [-0.05, 0) is 70.6 Å². The fourth-order valence-electron chi connectivity index (χ4n) is 6.10. The fraction of sp³-hybridized carbons (Fsp3) is 0.783. The van der Waals surface area contributed by atoms with Gasteiger partial charge in [0.25, 0.3) is 0 Å². The van der Waals surface area contributed by atoms with Crippen molar-refractivity contribution in [1.82, 2.24) is 5.32 Å². The number of ether oxygens (including phenoxy) is 1. The molecule has 2 unspecified atom stereocenters. The Bertz CT molecular complexity index is 1060. The van der Waals surface area contributed by atoms with Gasteiger partial charge in [0, 0.05) is 19.4 Å². The zero-order chi connectivity index (χ0) is 41.1. The van der Waals surface area contributed by atoms with Gasteiger partial charge in [-0.15, -0.1) is 0 Å². The topological polar surface area (TPSA) is 131 Å². The maximum Gasteiger partial charge on any atom is 0.472 e. The summed E-state index contributed by atoms with van der Waals surface area (Å²) in [5.41, 5.74) is 0. The van der Waals surface area contributed by atoms with Gasteiger partial charge in [0.15, 0.2) is 0 Å². The molecule has 9 nitrogen and oxygen atoms in total. The fourth-order valence-corrected chi connectivity index (χ4v) is 6.85. The van der Waals surface area contributed by atoms with Crippen molar-refractivity contribution in [1.29, 1.82) is 0 Å². The molecular weight excluding hydrogens is 725 g/mol. The number of hydrogen-bond donors (Lipinski definition) is 3. The van der Waals surface area contributed by atoms with Gasteiger partial charge in [-0.2, -0.15) is 0 Å². The molecular formula is C46H84NO8P. The minimum absolute atomic E-state index is 0.0775. The summed E-state index contributed by atoms with van der Waals surface area (Å²) in [5.74, 6) is -0.530. The van der Waals surface area contributed by atoms with Crippen molar-refractivity contribution in [3.8, 4) is 0 Å². The molecule has 0 radical (unpaired) electrons. The van der Waals surface area contributed by atoms with Crippen molar-refractivity contribution >= 4 is 19.7 Å². The van der Waals surface area contributed by atoms with E-state index in [1.807, 2.05) is 0 Å². The zero-order valence-corrected chi connectivity index (χ0v) is 36.7. The molecule has 0 aromatic rings. The molecule has 0 spiro atoms. The summed E-state index contributed by atoms with van der Waals surface area (Å²) < 4.78 is 26.9. The number of esters is 1. The Labute approximate surface area is 343 Å². The third-order valence-electron chi connectivity index (χ3n) is 9.49. The summed E-state index contributed by atoms with van der Waals surface area (Å²) in [4.78, 5) is 33.9. The molecule has 0 fully saturated rings. The van der Waals surface area contributed by atoms with Crippen molar-refractivity contribution in [2.24, 2.45) is 0 Å². The van der Waals surface area contributed by atoms with Crippen molar-refractivity contribution in [2.45, 2.75) is 206 Å². The van der Waals surface area contributed by atoms with Crippen LogP contribution in [0.25, 0.3) is 0 Å². The maximum atomic E-state index is 12.1. The molecule has 0 aromatic carbocycles. The van der Waals surface area contributed by atoms with Crippen LogP contribution >= 0.6 is 7.82 Å². The molecule has 326 valence electrons. The Morgan fingerprint density at radius 2 is 1.02 bits per heavy atom. The van der Waals surface area contributed by atoms with Crippen molar-refractivity contribution in [2.75, 3.05) is 26.4 Å². The molecule has 10 heteroatoms. The second-order valence-corrected chi connectivity index (χ2v) is 16.4. The lowest BCUT2D eigenvalue weighted by molar-refractivity contribution is -0.147. The third kappa shape index (κ3) is 43.1. The first kappa shape index (κ1) is 54.0. The van der Waals surface area contributed by atoms with Crippen LogP contribution in [0.1, 0.15) is 200 Å². The highest BCUT2D eigenvalue weighted by Crippen LogP contribution is 2.42. The van der Waals surface area contributed by atoms with E-state index in [4.69, 9.17) is 13.8 Å². The first-order chi connectivity index (χ1) is 27.3. The Kier molecular flexibility index (Phi) is 41.0. The first-order valence-electron chi connectivity index (χ1n) is 22.6. The number of phosphoric acid groups is 1. The van der Waals surface area contributed by atoms with Gasteiger partial charge in [-0.3, -0.25) is 18.6 Å². The number of carbonyl (C=O) groups is 2. The quantitative estimate of drug-likeness (QED) is 0.0240. The van der Waals surface area contributed by atoms with Crippen LogP contribution in [0, 0.1) is 0 Å². The van der Waals surface area contributed by atoms with E-state index in [-0.39, 0.29) is 32.1 Å². The summed E-state index contributed by atoms with van der Waals surface area (Å²) >= 11 is 0. The molecule has 0 aliphatic heterocycles. The second kappa shape index (κ2) is 42.6. The van der Waals surface area contributed by atoms with Gasteiger partial charge in [0.1, 0.15) is 12.7 Å². The summed E-state index contributed by atoms with van der Waals surface area (Å²) in [6.07, 6.45) is 49.0. The zero-order valence-electron chi connectivity index (χ0n) is 35.8. The average molecular weight is 810 g/mol. The third-order valence-corrected chi connectivity index (χ3v) is 10.5. The number of hydrogen-bond acceptors (Lipinski definition) is 7. The molecule has 3 N–H and O–H groups in total. The van der Waals surface area contributed by atoms with E-state index in [1.54, 1.807) is 0 Å². The summed E-state index contributed by atoms with van der Waals surface area (Å²) in [5, 5.41) is 12.7. The maximum absolute atomic E-state index is 12.1. The van der Waals surface area contributed by atoms with E-state index in [1.165, 1.54) is 103 Å². The van der Waals surface area contributed by atoms with Crippen LogP contribution in [0.4, 0.5) is 0 Å². The SMILES string of the molecule is CC/C=C\C/C=C\C/C=C\CCCCCCCCCC(=O)OCC(O)COP(=O)(O)OCCNC(=O)CCCCCCCCC/C=C\CCCCCCCCC. The Morgan fingerprint density at radius 1 is 0.571 bits per heavy atom.